The molecule has 1 aliphatic rings. The van der Waals surface area contributed by atoms with Crippen LogP contribution in [-0.2, 0) is 4.57 Å². The van der Waals surface area contributed by atoms with Gasteiger partial charge in [-0.3, -0.25) is 0 Å². The predicted octanol–water partition coefficient (Wildman–Crippen LogP) is 2.41. The molecule has 0 radical (unpaired) electrons. The summed E-state index contributed by atoms with van der Waals surface area (Å²) in [5.41, 5.74) is 0.661. The van der Waals surface area contributed by atoms with E-state index in [2.05, 4.69) is 4.76 Å². The fourth-order valence-electron chi connectivity index (χ4n) is 2.83. The Bertz CT molecular complexity index is 719. The van der Waals surface area contributed by atoms with E-state index in [1.165, 1.54) is 30.4 Å². The maximum absolute atomic E-state index is 11.2. The number of nitrogens with zero attached hydrogens (tertiary/aromatic N) is 1. The van der Waals surface area contributed by atoms with E-state index in [4.69, 9.17) is 9.79 Å². The first kappa shape index (κ1) is 18.4. The van der Waals surface area contributed by atoms with Crippen LogP contribution in [0.2, 0.25) is 0 Å². The van der Waals surface area contributed by atoms with Crippen LogP contribution in [-0.4, -0.2) is 36.9 Å². The van der Waals surface area contributed by atoms with Gasteiger partial charge in [0.25, 0.3) is 0 Å². The van der Waals surface area contributed by atoms with Crippen LogP contribution in [0.1, 0.15) is 24.8 Å². The molecule has 5 N–H and O–H groups in total. The second kappa shape index (κ2) is 7.32. The Kier molecular flexibility index (Phi) is 5.62. The molecular formula is C16H20NO6P. The summed E-state index contributed by atoms with van der Waals surface area (Å²) in [6, 6.07) is 6.30. The van der Waals surface area contributed by atoms with Crippen molar-refractivity contribution < 1.29 is 29.7 Å². The summed E-state index contributed by atoms with van der Waals surface area (Å²) in [4.78, 5) is 18.2. The molecule has 0 saturated carbocycles. The first-order valence-corrected chi connectivity index (χ1v) is 8.99. The molecule has 2 rings (SSSR count). The van der Waals surface area contributed by atoms with Gasteiger partial charge in [-0.25, -0.2) is 4.57 Å². The van der Waals surface area contributed by atoms with Gasteiger partial charge in [-0.1, -0.05) is 25.1 Å². The average molecular weight is 353 g/mol. The number of benzene rings is 1. The number of hydrogen-bond donors (Lipinski definition) is 5. The Morgan fingerprint density at radius 3 is 2.38 bits per heavy atom. The molecule has 1 aromatic rings. The molecule has 0 aromatic heterocycles. The van der Waals surface area contributed by atoms with E-state index in [9.17, 15) is 19.9 Å². The topological polar surface area (TPSA) is 131 Å². The van der Waals surface area contributed by atoms with Crippen molar-refractivity contribution in [1.82, 2.24) is 0 Å². The SMILES string of the molecule is CCC(c1ccc(O)cc1)C(O)C1C(O)=CC=C/C1=N\P(=O)(O)O. The van der Waals surface area contributed by atoms with Crippen molar-refractivity contribution in [3.05, 3.63) is 53.8 Å². The second-order valence-electron chi connectivity index (χ2n) is 5.56. The summed E-state index contributed by atoms with van der Waals surface area (Å²) in [5, 5.41) is 30.3. The largest absolute Gasteiger partial charge is 0.512 e. The molecule has 0 fully saturated rings. The fraction of sp³-hybridized carbons (Fsp3) is 0.312. The van der Waals surface area contributed by atoms with E-state index in [0.717, 1.165) is 5.56 Å². The summed E-state index contributed by atoms with van der Waals surface area (Å²) < 4.78 is 14.5. The average Bonchev–Trinajstić information content (AvgIpc) is 2.48. The third-order valence-electron chi connectivity index (χ3n) is 3.93. The van der Waals surface area contributed by atoms with E-state index < -0.39 is 25.7 Å². The highest BCUT2D eigenvalue weighted by Gasteiger charge is 2.35. The van der Waals surface area contributed by atoms with E-state index in [1.807, 2.05) is 6.92 Å². The maximum Gasteiger partial charge on any atom is 0.448 e. The third kappa shape index (κ3) is 4.33. The van der Waals surface area contributed by atoms with Gasteiger partial charge in [0.05, 0.1) is 17.7 Å². The lowest BCUT2D eigenvalue weighted by atomic mass is 9.79. The van der Waals surface area contributed by atoms with Crippen molar-refractivity contribution in [3.63, 3.8) is 0 Å². The fourth-order valence-corrected chi connectivity index (χ4v) is 3.32. The summed E-state index contributed by atoms with van der Waals surface area (Å²) in [6.45, 7) is 1.85. The lowest BCUT2D eigenvalue weighted by Crippen LogP contribution is -2.35. The van der Waals surface area contributed by atoms with Gasteiger partial charge in [-0.2, -0.15) is 4.76 Å². The monoisotopic (exact) mass is 353 g/mol. The van der Waals surface area contributed by atoms with Crippen molar-refractivity contribution in [2.24, 2.45) is 10.7 Å². The van der Waals surface area contributed by atoms with E-state index in [1.54, 1.807) is 12.1 Å². The minimum absolute atomic E-state index is 0.0759. The lowest BCUT2D eigenvalue weighted by molar-refractivity contribution is 0.101. The van der Waals surface area contributed by atoms with Gasteiger partial charge in [0.1, 0.15) is 11.5 Å². The predicted molar refractivity (Wildman–Crippen MR) is 90.0 cm³/mol. The summed E-state index contributed by atoms with van der Waals surface area (Å²) in [7, 11) is -4.70. The molecular weight excluding hydrogens is 333 g/mol. The van der Waals surface area contributed by atoms with Crippen LogP contribution < -0.4 is 0 Å². The summed E-state index contributed by atoms with van der Waals surface area (Å²) in [6.07, 6.45) is 3.50. The normalized spacial score (nSPS) is 22.2. The summed E-state index contributed by atoms with van der Waals surface area (Å²) in [5.74, 6) is -1.58. The van der Waals surface area contributed by atoms with Crippen molar-refractivity contribution in [2.45, 2.75) is 25.4 Å². The zero-order chi connectivity index (χ0) is 17.9. The molecule has 3 unspecified atom stereocenters. The number of aliphatic hydroxyl groups is 2. The Morgan fingerprint density at radius 2 is 1.83 bits per heavy atom. The molecule has 3 atom stereocenters. The second-order valence-corrected chi connectivity index (χ2v) is 6.79. The number of hydrogen-bond acceptors (Lipinski definition) is 4. The molecule has 0 spiro atoms. The molecule has 130 valence electrons. The highest BCUT2D eigenvalue weighted by molar-refractivity contribution is 7.50. The van der Waals surface area contributed by atoms with Crippen LogP contribution in [0.25, 0.3) is 0 Å². The van der Waals surface area contributed by atoms with E-state index >= 15 is 0 Å². The number of phenols is 1. The van der Waals surface area contributed by atoms with Gasteiger partial charge in [0, 0.05) is 5.92 Å². The van der Waals surface area contributed by atoms with Crippen LogP contribution in [0.15, 0.2) is 53.0 Å². The molecule has 0 bridgehead atoms. The minimum atomic E-state index is -4.70. The van der Waals surface area contributed by atoms with Crippen LogP contribution in [0.4, 0.5) is 0 Å². The van der Waals surface area contributed by atoms with Gasteiger partial charge in [0.2, 0.25) is 0 Å². The Labute approximate surface area is 139 Å². The minimum Gasteiger partial charge on any atom is -0.512 e. The third-order valence-corrected chi connectivity index (χ3v) is 4.42. The maximum atomic E-state index is 11.2. The first-order chi connectivity index (χ1) is 11.2. The molecule has 0 heterocycles. The van der Waals surface area contributed by atoms with Gasteiger partial charge in [0.15, 0.2) is 0 Å². The molecule has 0 amide bonds. The van der Waals surface area contributed by atoms with Crippen molar-refractivity contribution in [1.29, 1.82) is 0 Å². The smallest absolute Gasteiger partial charge is 0.448 e. The molecule has 1 aliphatic carbocycles. The molecule has 0 aliphatic heterocycles. The Hall–Kier alpha value is -1.92. The Morgan fingerprint density at radius 1 is 1.21 bits per heavy atom. The van der Waals surface area contributed by atoms with Crippen LogP contribution in [0.3, 0.4) is 0 Å². The zero-order valence-corrected chi connectivity index (χ0v) is 13.9. The van der Waals surface area contributed by atoms with Gasteiger partial charge < -0.3 is 25.1 Å². The van der Waals surface area contributed by atoms with Gasteiger partial charge >= 0.3 is 7.75 Å². The molecule has 7 nitrogen and oxygen atoms in total. The molecule has 0 saturated heterocycles. The van der Waals surface area contributed by atoms with Crippen molar-refractivity contribution in [2.75, 3.05) is 0 Å². The van der Waals surface area contributed by atoms with Gasteiger partial charge in [-0.15, -0.1) is 0 Å². The number of rotatable bonds is 5. The van der Waals surface area contributed by atoms with Crippen molar-refractivity contribution in [3.8, 4) is 5.75 Å². The van der Waals surface area contributed by atoms with Crippen molar-refractivity contribution >= 4 is 13.5 Å². The van der Waals surface area contributed by atoms with Crippen LogP contribution in [0.5, 0.6) is 5.75 Å². The Balaban J connectivity index is 2.39. The van der Waals surface area contributed by atoms with E-state index in [-0.39, 0.29) is 17.2 Å². The van der Waals surface area contributed by atoms with Gasteiger partial charge in [-0.05, 0) is 36.3 Å². The van der Waals surface area contributed by atoms with E-state index in [0.29, 0.717) is 6.42 Å². The first-order valence-electron chi connectivity index (χ1n) is 7.43. The number of aromatic hydroxyl groups is 1. The molecule has 24 heavy (non-hydrogen) atoms. The standard InChI is InChI=1S/C16H20NO6P/c1-2-12(10-6-8-11(18)9-7-10)16(20)15-13(17-24(21,22)23)4-3-5-14(15)19/h3-9,12,15-16,18-20H,2H2,1H3,(H2,21,22,23)/b17-13+. The highest BCUT2D eigenvalue weighted by Crippen LogP contribution is 2.40. The molecule has 1 aromatic carbocycles. The summed E-state index contributed by atoms with van der Waals surface area (Å²) >= 11 is 0. The quantitative estimate of drug-likeness (QED) is 0.517. The lowest BCUT2D eigenvalue weighted by Gasteiger charge is -2.30. The van der Waals surface area contributed by atoms with Crippen LogP contribution in [0, 0.1) is 5.92 Å². The molecule has 8 heteroatoms. The highest BCUT2D eigenvalue weighted by atomic mass is 31.2. The van der Waals surface area contributed by atoms with Crippen LogP contribution >= 0.6 is 7.75 Å². The zero-order valence-electron chi connectivity index (χ0n) is 13.0. The number of allylic oxidation sites excluding steroid dienone is 3. The number of aliphatic hydroxyl groups excluding tert-OH is 2. The number of phenolic OH excluding ortho intramolecular Hbond substituents is 1.